The lowest BCUT2D eigenvalue weighted by Gasteiger charge is -2.13. The SMILES string of the molecule is C[C@H]1CN(C)C[C@@H]1c1ccccc1. The normalized spacial score (nSPS) is 29.4. The number of rotatable bonds is 1. The smallest absolute Gasteiger partial charge is 0.00504 e. The first-order valence-corrected chi connectivity index (χ1v) is 5.01. The molecule has 1 saturated heterocycles. The molecule has 1 aromatic carbocycles. The van der Waals surface area contributed by atoms with Crippen molar-refractivity contribution in [1.29, 1.82) is 0 Å². The fourth-order valence-corrected chi connectivity index (χ4v) is 2.34. The molecule has 0 spiro atoms. The molecule has 0 radical (unpaired) electrons. The summed E-state index contributed by atoms with van der Waals surface area (Å²) in [5.41, 5.74) is 1.50. The van der Waals surface area contributed by atoms with E-state index in [1.54, 1.807) is 0 Å². The number of likely N-dealkylation sites (tertiary alicyclic amines) is 1. The molecule has 0 aliphatic carbocycles. The average molecular weight is 175 g/mol. The first-order chi connectivity index (χ1) is 6.27. The van der Waals surface area contributed by atoms with Gasteiger partial charge in [0.25, 0.3) is 0 Å². The number of benzene rings is 1. The van der Waals surface area contributed by atoms with Crippen LogP contribution in [0.15, 0.2) is 30.3 Å². The molecule has 0 unspecified atom stereocenters. The van der Waals surface area contributed by atoms with Gasteiger partial charge in [-0.1, -0.05) is 37.3 Å². The predicted octanol–water partition coefficient (Wildman–Crippen LogP) is 2.35. The van der Waals surface area contributed by atoms with Gasteiger partial charge in [-0.25, -0.2) is 0 Å². The van der Waals surface area contributed by atoms with Crippen molar-refractivity contribution < 1.29 is 0 Å². The predicted molar refractivity (Wildman–Crippen MR) is 55.8 cm³/mol. The van der Waals surface area contributed by atoms with Crippen molar-refractivity contribution in [3.63, 3.8) is 0 Å². The van der Waals surface area contributed by atoms with Crippen molar-refractivity contribution in [3.05, 3.63) is 35.9 Å². The highest BCUT2D eigenvalue weighted by atomic mass is 15.1. The second kappa shape index (κ2) is 3.51. The van der Waals surface area contributed by atoms with E-state index in [4.69, 9.17) is 0 Å². The highest BCUT2D eigenvalue weighted by Crippen LogP contribution is 2.30. The summed E-state index contributed by atoms with van der Waals surface area (Å²) in [7, 11) is 2.21. The lowest BCUT2D eigenvalue weighted by molar-refractivity contribution is 0.401. The van der Waals surface area contributed by atoms with Crippen LogP contribution in [-0.2, 0) is 0 Å². The molecule has 1 aromatic rings. The summed E-state index contributed by atoms with van der Waals surface area (Å²) in [4.78, 5) is 2.42. The Morgan fingerprint density at radius 2 is 1.85 bits per heavy atom. The molecule has 13 heavy (non-hydrogen) atoms. The van der Waals surface area contributed by atoms with Gasteiger partial charge in [0, 0.05) is 19.0 Å². The van der Waals surface area contributed by atoms with Crippen molar-refractivity contribution in [2.24, 2.45) is 5.92 Å². The Morgan fingerprint density at radius 1 is 1.15 bits per heavy atom. The van der Waals surface area contributed by atoms with Crippen LogP contribution >= 0.6 is 0 Å². The first kappa shape index (κ1) is 8.76. The van der Waals surface area contributed by atoms with Gasteiger partial charge in [-0.15, -0.1) is 0 Å². The van der Waals surface area contributed by atoms with E-state index >= 15 is 0 Å². The van der Waals surface area contributed by atoms with Gasteiger partial charge in [0.05, 0.1) is 0 Å². The highest BCUT2D eigenvalue weighted by molar-refractivity contribution is 5.21. The Balaban J connectivity index is 2.18. The number of hydrogen-bond donors (Lipinski definition) is 0. The Kier molecular flexibility index (Phi) is 2.36. The maximum atomic E-state index is 2.42. The summed E-state index contributed by atoms with van der Waals surface area (Å²) < 4.78 is 0. The number of nitrogens with zero attached hydrogens (tertiary/aromatic N) is 1. The molecule has 1 fully saturated rings. The topological polar surface area (TPSA) is 3.24 Å². The largest absolute Gasteiger partial charge is 0.305 e. The van der Waals surface area contributed by atoms with Gasteiger partial charge in [-0.3, -0.25) is 0 Å². The Labute approximate surface area is 80.4 Å². The average Bonchev–Trinajstić information content (AvgIpc) is 2.47. The molecule has 2 atom stereocenters. The summed E-state index contributed by atoms with van der Waals surface area (Å²) in [5.74, 6) is 1.54. The lowest BCUT2D eigenvalue weighted by atomic mass is 9.90. The standard InChI is InChI=1S/C12H17N/c1-10-8-13(2)9-12(10)11-6-4-3-5-7-11/h3-7,10,12H,8-9H2,1-2H3/t10-,12-/m0/s1. The molecule has 1 aliphatic heterocycles. The van der Waals surface area contributed by atoms with E-state index in [-0.39, 0.29) is 0 Å². The second-order valence-corrected chi connectivity index (χ2v) is 4.22. The van der Waals surface area contributed by atoms with E-state index in [2.05, 4.69) is 49.2 Å². The molecule has 0 amide bonds. The molecule has 1 heteroatoms. The van der Waals surface area contributed by atoms with Crippen LogP contribution in [0.5, 0.6) is 0 Å². The summed E-state index contributed by atoms with van der Waals surface area (Å²) in [6.45, 7) is 4.80. The molecule has 1 nitrogen and oxygen atoms in total. The molecule has 0 saturated carbocycles. The van der Waals surface area contributed by atoms with Gasteiger partial charge < -0.3 is 4.90 Å². The highest BCUT2D eigenvalue weighted by Gasteiger charge is 2.27. The molecule has 0 N–H and O–H groups in total. The van der Waals surface area contributed by atoms with Crippen molar-refractivity contribution >= 4 is 0 Å². The van der Waals surface area contributed by atoms with E-state index in [0.29, 0.717) is 0 Å². The first-order valence-electron chi connectivity index (χ1n) is 5.01. The molecular weight excluding hydrogens is 158 g/mol. The molecule has 70 valence electrons. The Morgan fingerprint density at radius 3 is 2.38 bits per heavy atom. The zero-order valence-electron chi connectivity index (χ0n) is 8.40. The molecule has 0 bridgehead atoms. The van der Waals surface area contributed by atoms with Crippen LogP contribution in [0.4, 0.5) is 0 Å². The molecule has 0 aromatic heterocycles. The minimum absolute atomic E-state index is 0.742. The van der Waals surface area contributed by atoms with Gasteiger partial charge in [-0.2, -0.15) is 0 Å². The van der Waals surface area contributed by atoms with Crippen LogP contribution in [0.1, 0.15) is 18.4 Å². The zero-order valence-corrected chi connectivity index (χ0v) is 8.40. The molecule has 1 heterocycles. The lowest BCUT2D eigenvalue weighted by Crippen LogP contribution is -2.13. The second-order valence-electron chi connectivity index (χ2n) is 4.22. The van der Waals surface area contributed by atoms with Gasteiger partial charge in [0.1, 0.15) is 0 Å². The summed E-state index contributed by atoms with van der Waals surface area (Å²) in [5, 5.41) is 0. The summed E-state index contributed by atoms with van der Waals surface area (Å²) in [6.07, 6.45) is 0. The quantitative estimate of drug-likeness (QED) is 0.633. The number of hydrogen-bond acceptors (Lipinski definition) is 1. The van der Waals surface area contributed by atoms with Crippen LogP contribution in [-0.4, -0.2) is 25.0 Å². The molecule has 2 rings (SSSR count). The Hall–Kier alpha value is -0.820. The number of likely N-dealkylation sites (N-methyl/N-ethyl adjacent to an activating group) is 1. The van der Waals surface area contributed by atoms with Gasteiger partial charge in [0.2, 0.25) is 0 Å². The van der Waals surface area contributed by atoms with Crippen LogP contribution in [0.3, 0.4) is 0 Å². The third kappa shape index (κ3) is 1.75. The minimum Gasteiger partial charge on any atom is -0.305 e. The zero-order chi connectivity index (χ0) is 9.26. The van der Waals surface area contributed by atoms with Gasteiger partial charge in [-0.05, 0) is 18.5 Å². The third-order valence-electron chi connectivity index (χ3n) is 3.02. The van der Waals surface area contributed by atoms with E-state index in [0.717, 1.165) is 11.8 Å². The fourth-order valence-electron chi connectivity index (χ4n) is 2.34. The third-order valence-corrected chi connectivity index (χ3v) is 3.02. The molecular formula is C12H17N. The van der Waals surface area contributed by atoms with E-state index in [1.165, 1.54) is 18.7 Å². The Bertz CT molecular complexity index is 268. The van der Waals surface area contributed by atoms with Gasteiger partial charge in [0.15, 0.2) is 0 Å². The summed E-state index contributed by atoms with van der Waals surface area (Å²) >= 11 is 0. The minimum atomic E-state index is 0.742. The summed E-state index contributed by atoms with van der Waals surface area (Å²) in [6, 6.07) is 10.9. The van der Waals surface area contributed by atoms with Gasteiger partial charge >= 0.3 is 0 Å². The van der Waals surface area contributed by atoms with Crippen LogP contribution < -0.4 is 0 Å². The maximum Gasteiger partial charge on any atom is 0.00504 e. The van der Waals surface area contributed by atoms with E-state index in [1.807, 2.05) is 0 Å². The van der Waals surface area contributed by atoms with Crippen LogP contribution in [0.25, 0.3) is 0 Å². The fraction of sp³-hybridized carbons (Fsp3) is 0.500. The van der Waals surface area contributed by atoms with E-state index in [9.17, 15) is 0 Å². The van der Waals surface area contributed by atoms with Crippen molar-refractivity contribution in [2.75, 3.05) is 20.1 Å². The van der Waals surface area contributed by atoms with Crippen LogP contribution in [0.2, 0.25) is 0 Å². The van der Waals surface area contributed by atoms with Crippen molar-refractivity contribution in [3.8, 4) is 0 Å². The van der Waals surface area contributed by atoms with Crippen molar-refractivity contribution in [1.82, 2.24) is 4.90 Å². The van der Waals surface area contributed by atoms with Crippen LogP contribution in [0, 0.1) is 5.92 Å². The van der Waals surface area contributed by atoms with E-state index < -0.39 is 0 Å². The monoisotopic (exact) mass is 175 g/mol. The molecule has 1 aliphatic rings. The maximum absolute atomic E-state index is 2.42. The van der Waals surface area contributed by atoms with Crippen molar-refractivity contribution in [2.45, 2.75) is 12.8 Å².